The van der Waals surface area contributed by atoms with Gasteiger partial charge in [0.25, 0.3) is 0 Å². The highest BCUT2D eigenvalue weighted by Gasteiger charge is 2.21. The lowest BCUT2D eigenvalue weighted by atomic mass is 10.1. The second-order valence-electron chi connectivity index (χ2n) is 7.13. The third-order valence-electron chi connectivity index (χ3n) is 4.62. The number of rotatable bonds is 10. The zero-order valence-corrected chi connectivity index (χ0v) is 19.2. The maximum Gasteiger partial charge on any atom is 0.194 e. The van der Waals surface area contributed by atoms with Crippen LogP contribution >= 0.6 is 24.0 Å². The highest BCUT2D eigenvalue weighted by molar-refractivity contribution is 14.0. The molecule has 0 spiro atoms. The van der Waals surface area contributed by atoms with Gasteiger partial charge in [-0.25, -0.2) is 4.99 Å². The van der Waals surface area contributed by atoms with Crippen LogP contribution in [-0.4, -0.2) is 54.0 Å². The van der Waals surface area contributed by atoms with E-state index < -0.39 is 0 Å². The van der Waals surface area contributed by atoms with Gasteiger partial charge in [0.1, 0.15) is 0 Å². The Morgan fingerprint density at radius 2 is 2.14 bits per heavy atom. The van der Waals surface area contributed by atoms with Crippen molar-refractivity contribution in [3.63, 3.8) is 0 Å². The summed E-state index contributed by atoms with van der Waals surface area (Å²) in [6.45, 7) is 6.88. The Hall–Kier alpha value is -1.61. The largest absolute Gasteiger partial charge is 0.379 e. The summed E-state index contributed by atoms with van der Waals surface area (Å²) in [5, 5.41) is 7.65. The lowest BCUT2D eigenvalue weighted by molar-refractivity contribution is 0.115. The minimum absolute atomic E-state index is 0. The number of hydrogen-bond acceptors (Lipinski definition) is 3. The molecular weight excluding hydrogens is 465 g/mol. The average molecular weight is 497 g/mol. The first-order valence-electron chi connectivity index (χ1n) is 9.87. The normalized spacial score (nSPS) is 13.9. The Kier molecular flexibility index (Phi) is 9.77. The van der Waals surface area contributed by atoms with Crippen molar-refractivity contribution in [3.05, 3.63) is 53.9 Å². The standard InChI is InChI=1S/C21H31N5O.HI/c1-3-22-21(25(2)12-13-27-17-18-8-9-18)23-15-19-6-4-7-20(14-19)16-26-11-5-10-24-26;/h4-7,10-11,14,18H,3,8-9,12-13,15-17H2,1-2H3,(H,22,23);1H. The smallest absolute Gasteiger partial charge is 0.194 e. The highest BCUT2D eigenvalue weighted by Crippen LogP contribution is 2.28. The molecule has 1 aliphatic carbocycles. The van der Waals surface area contributed by atoms with Crippen molar-refractivity contribution < 1.29 is 4.74 Å². The number of hydrogen-bond donors (Lipinski definition) is 1. The quantitative estimate of drug-likeness (QED) is 0.237. The van der Waals surface area contributed by atoms with E-state index in [1.54, 1.807) is 6.20 Å². The van der Waals surface area contributed by atoms with Crippen LogP contribution < -0.4 is 5.32 Å². The summed E-state index contributed by atoms with van der Waals surface area (Å²) < 4.78 is 7.68. The molecule has 7 heteroatoms. The maximum atomic E-state index is 5.75. The highest BCUT2D eigenvalue weighted by atomic mass is 127. The first kappa shape index (κ1) is 22.7. The molecule has 1 heterocycles. The van der Waals surface area contributed by atoms with Crippen molar-refractivity contribution in [3.8, 4) is 0 Å². The first-order valence-corrected chi connectivity index (χ1v) is 9.87. The van der Waals surface area contributed by atoms with Gasteiger partial charge >= 0.3 is 0 Å². The summed E-state index contributed by atoms with van der Waals surface area (Å²) in [4.78, 5) is 6.94. The Morgan fingerprint density at radius 1 is 1.32 bits per heavy atom. The number of nitrogens with zero attached hydrogens (tertiary/aromatic N) is 4. The predicted octanol–water partition coefficient (Wildman–Crippen LogP) is 3.37. The Morgan fingerprint density at radius 3 is 2.86 bits per heavy atom. The second kappa shape index (κ2) is 12.1. The zero-order valence-electron chi connectivity index (χ0n) is 16.9. The Labute approximate surface area is 185 Å². The molecule has 0 unspecified atom stereocenters. The van der Waals surface area contributed by atoms with Crippen LogP contribution in [0.5, 0.6) is 0 Å². The summed E-state index contributed by atoms with van der Waals surface area (Å²) >= 11 is 0. The average Bonchev–Trinajstić information content (AvgIpc) is 3.37. The Balaban J connectivity index is 0.00000280. The molecular formula is C21H32IN5O. The van der Waals surface area contributed by atoms with E-state index in [1.165, 1.54) is 24.0 Å². The molecule has 0 amide bonds. The number of aromatic nitrogens is 2. The molecule has 0 radical (unpaired) electrons. The monoisotopic (exact) mass is 497 g/mol. The molecule has 28 heavy (non-hydrogen) atoms. The van der Waals surface area contributed by atoms with Gasteiger partial charge in [-0.05, 0) is 42.9 Å². The van der Waals surface area contributed by atoms with Gasteiger partial charge in [-0.3, -0.25) is 4.68 Å². The van der Waals surface area contributed by atoms with Crippen LogP contribution in [0.4, 0.5) is 0 Å². The van der Waals surface area contributed by atoms with Crippen molar-refractivity contribution in [2.24, 2.45) is 10.9 Å². The predicted molar refractivity (Wildman–Crippen MR) is 124 cm³/mol. The van der Waals surface area contributed by atoms with Gasteiger partial charge in [0.05, 0.1) is 19.7 Å². The molecule has 0 bridgehead atoms. The van der Waals surface area contributed by atoms with Crippen LogP contribution in [0.3, 0.4) is 0 Å². The van der Waals surface area contributed by atoms with E-state index in [4.69, 9.17) is 9.73 Å². The lowest BCUT2D eigenvalue weighted by Gasteiger charge is -2.22. The summed E-state index contributed by atoms with van der Waals surface area (Å²) in [5.74, 6) is 1.73. The van der Waals surface area contributed by atoms with E-state index in [9.17, 15) is 0 Å². The molecule has 0 saturated heterocycles. The van der Waals surface area contributed by atoms with Gasteiger partial charge in [0.15, 0.2) is 5.96 Å². The van der Waals surface area contributed by atoms with E-state index in [0.717, 1.165) is 44.7 Å². The number of halogens is 1. The molecule has 1 fully saturated rings. The van der Waals surface area contributed by atoms with Gasteiger partial charge < -0.3 is 15.0 Å². The van der Waals surface area contributed by atoms with E-state index >= 15 is 0 Å². The zero-order chi connectivity index (χ0) is 18.9. The number of aliphatic imine (C=N–C) groups is 1. The first-order chi connectivity index (χ1) is 13.2. The number of ether oxygens (including phenoxy) is 1. The molecule has 3 rings (SSSR count). The summed E-state index contributed by atoms with van der Waals surface area (Å²) in [6, 6.07) is 10.5. The minimum Gasteiger partial charge on any atom is -0.379 e. The molecule has 1 saturated carbocycles. The molecule has 2 aromatic rings. The number of likely N-dealkylation sites (N-methyl/N-ethyl adjacent to an activating group) is 1. The van der Waals surface area contributed by atoms with Crippen LogP contribution in [0.25, 0.3) is 0 Å². The number of guanidine groups is 1. The molecule has 154 valence electrons. The van der Waals surface area contributed by atoms with Crippen molar-refractivity contribution >= 4 is 29.9 Å². The SMILES string of the molecule is CCNC(=NCc1cccc(Cn2cccn2)c1)N(C)CCOCC1CC1.I. The Bertz CT molecular complexity index is 715. The van der Waals surface area contributed by atoms with Gasteiger partial charge in [0, 0.05) is 39.1 Å². The van der Waals surface area contributed by atoms with Gasteiger partial charge in [0.2, 0.25) is 0 Å². The molecule has 1 aromatic carbocycles. The molecule has 1 aliphatic rings. The van der Waals surface area contributed by atoms with Crippen molar-refractivity contribution in [1.29, 1.82) is 0 Å². The third kappa shape index (κ3) is 7.79. The number of benzene rings is 1. The fourth-order valence-corrected chi connectivity index (χ4v) is 2.89. The second-order valence-corrected chi connectivity index (χ2v) is 7.13. The van der Waals surface area contributed by atoms with Gasteiger partial charge in [-0.2, -0.15) is 5.10 Å². The minimum atomic E-state index is 0. The van der Waals surface area contributed by atoms with E-state index in [0.29, 0.717) is 6.54 Å². The molecule has 1 aromatic heterocycles. The molecule has 6 nitrogen and oxygen atoms in total. The maximum absolute atomic E-state index is 5.75. The lowest BCUT2D eigenvalue weighted by Crippen LogP contribution is -2.40. The van der Waals surface area contributed by atoms with Gasteiger partial charge in [-0.15, -0.1) is 24.0 Å². The van der Waals surface area contributed by atoms with Crippen LogP contribution in [0, 0.1) is 5.92 Å². The van der Waals surface area contributed by atoms with Crippen molar-refractivity contribution in [1.82, 2.24) is 20.0 Å². The number of nitrogens with one attached hydrogen (secondary N) is 1. The topological polar surface area (TPSA) is 54.7 Å². The molecule has 0 atom stereocenters. The summed E-state index contributed by atoms with van der Waals surface area (Å²) in [6.07, 6.45) is 6.45. The fraction of sp³-hybridized carbons (Fsp3) is 0.524. The van der Waals surface area contributed by atoms with Crippen molar-refractivity contribution in [2.45, 2.75) is 32.9 Å². The van der Waals surface area contributed by atoms with E-state index in [-0.39, 0.29) is 24.0 Å². The van der Waals surface area contributed by atoms with Crippen LogP contribution in [-0.2, 0) is 17.8 Å². The molecule has 1 N–H and O–H groups in total. The molecule has 0 aliphatic heterocycles. The third-order valence-corrected chi connectivity index (χ3v) is 4.62. The summed E-state index contributed by atoms with van der Waals surface area (Å²) in [5.41, 5.74) is 2.44. The summed E-state index contributed by atoms with van der Waals surface area (Å²) in [7, 11) is 2.07. The van der Waals surface area contributed by atoms with E-state index in [1.807, 2.05) is 16.9 Å². The van der Waals surface area contributed by atoms with Crippen LogP contribution in [0.1, 0.15) is 30.9 Å². The van der Waals surface area contributed by atoms with Crippen LogP contribution in [0.2, 0.25) is 0 Å². The van der Waals surface area contributed by atoms with Gasteiger partial charge in [-0.1, -0.05) is 24.3 Å². The van der Waals surface area contributed by atoms with Crippen molar-refractivity contribution in [2.75, 3.05) is 33.4 Å². The van der Waals surface area contributed by atoms with Crippen LogP contribution in [0.15, 0.2) is 47.7 Å². The van der Waals surface area contributed by atoms with E-state index in [2.05, 4.69) is 53.6 Å². The fourth-order valence-electron chi connectivity index (χ4n) is 2.89.